The highest BCUT2D eigenvalue weighted by Crippen LogP contribution is 2.32. The second kappa shape index (κ2) is 12.6. The molecule has 0 unspecified atom stereocenters. The van der Waals surface area contributed by atoms with Gasteiger partial charge in [0.2, 0.25) is 0 Å². The molecule has 0 bridgehead atoms. The van der Waals surface area contributed by atoms with Crippen molar-refractivity contribution in [1.82, 2.24) is 10.3 Å². The number of fused-ring (bicyclic) bond motifs is 1. The number of hydrogen-bond donors (Lipinski definition) is 2. The van der Waals surface area contributed by atoms with Crippen LogP contribution in [-0.4, -0.2) is 29.1 Å². The van der Waals surface area contributed by atoms with Crippen LogP contribution in [0.2, 0.25) is 5.02 Å². The molecule has 1 aromatic heterocycles. The lowest BCUT2D eigenvalue weighted by atomic mass is 9.99. The second-order valence-electron chi connectivity index (χ2n) is 9.72. The monoisotopic (exact) mass is 554 g/mol. The van der Waals surface area contributed by atoms with E-state index in [1.165, 1.54) is 0 Å². The van der Waals surface area contributed by atoms with E-state index in [0.29, 0.717) is 46.3 Å². The van der Waals surface area contributed by atoms with Gasteiger partial charge in [0.15, 0.2) is 0 Å². The smallest absolute Gasteiger partial charge is 0.256 e. The number of hydrogen-bond acceptors (Lipinski definition) is 5. The number of oxime groups is 1. The van der Waals surface area contributed by atoms with Gasteiger partial charge in [0.25, 0.3) is 11.8 Å². The second-order valence-corrected chi connectivity index (χ2v) is 10.1. The Morgan fingerprint density at radius 3 is 2.42 bits per heavy atom. The topological polar surface area (TPSA) is 92.7 Å². The average molecular weight is 555 g/mol. The van der Waals surface area contributed by atoms with Gasteiger partial charge in [-0.1, -0.05) is 53.2 Å². The van der Waals surface area contributed by atoms with Gasteiger partial charge in [0.05, 0.1) is 22.5 Å². The van der Waals surface area contributed by atoms with Crippen LogP contribution in [0.5, 0.6) is 0 Å². The fourth-order valence-electron chi connectivity index (χ4n) is 4.20. The average Bonchev–Trinajstić information content (AvgIpc) is 2.92. The lowest BCUT2D eigenvalue weighted by Crippen LogP contribution is -2.24. The number of nitrogens with zero attached hydrogens (tertiary/aromatic N) is 2. The molecule has 0 saturated heterocycles. The molecule has 0 radical (unpaired) electrons. The number of halogens is 1. The van der Waals surface area contributed by atoms with Crippen molar-refractivity contribution in [2.45, 2.75) is 34.1 Å². The Balaban J connectivity index is 1.52. The van der Waals surface area contributed by atoms with Crippen LogP contribution in [0.25, 0.3) is 22.2 Å². The molecule has 0 spiro atoms. The molecule has 2 amide bonds. The Hall–Kier alpha value is -4.49. The highest BCUT2D eigenvalue weighted by Gasteiger charge is 2.17. The van der Waals surface area contributed by atoms with Crippen molar-refractivity contribution in [3.8, 4) is 11.3 Å². The summed E-state index contributed by atoms with van der Waals surface area (Å²) in [6.45, 7) is 11.7. The Morgan fingerprint density at radius 1 is 1.00 bits per heavy atom. The first-order chi connectivity index (χ1) is 19.1. The lowest BCUT2D eigenvalue weighted by molar-refractivity contribution is 0.0951. The summed E-state index contributed by atoms with van der Waals surface area (Å²) in [5.74, 6) is -0.0611. The van der Waals surface area contributed by atoms with E-state index in [2.05, 4.69) is 22.4 Å². The van der Waals surface area contributed by atoms with Gasteiger partial charge in [-0.15, -0.1) is 0 Å². The van der Waals surface area contributed by atoms with Gasteiger partial charge in [0.1, 0.15) is 5.76 Å². The number of aromatic nitrogens is 1. The summed E-state index contributed by atoms with van der Waals surface area (Å²) in [5.41, 5.74) is 6.40. The van der Waals surface area contributed by atoms with Crippen LogP contribution in [0.4, 0.5) is 5.69 Å². The molecule has 0 aliphatic carbocycles. The summed E-state index contributed by atoms with van der Waals surface area (Å²) in [6, 6.07) is 19.9. The van der Waals surface area contributed by atoms with E-state index in [1.54, 1.807) is 36.4 Å². The predicted octanol–water partition coefficient (Wildman–Crippen LogP) is 7.47. The number of nitrogens with one attached hydrogen (secondary N) is 2. The zero-order chi connectivity index (χ0) is 28.8. The minimum Gasteiger partial charge on any atom is -0.362 e. The van der Waals surface area contributed by atoms with E-state index in [4.69, 9.17) is 21.4 Å². The molecular weight excluding hydrogens is 524 g/mol. The Bertz CT molecular complexity index is 1620. The molecule has 7 nitrogen and oxygen atoms in total. The maximum absolute atomic E-state index is 13.6. The van der Waals surface area contributed by atoms with Crippen molar-refractivity contribution in [2.75, 3.05) is 11.9 Å². The third-order valence-electron chi connectivity index (χ3n) is 6.09. The van der Waals surface area contributed by atoms with E-state index in [0.717, 1.165) is 33.3 Å². The third-order valence-corrected chi connectivity index (χ3v) is 6.42. The van der Waals surface area contributed by atoms with Crippen LogP contribution in [0.15, 0.2) is 84.2 Å². The van der Waals surface area contributed by atoms with Gasteiger partial charge in [-0.3, -0.25) is 9.59 Å². The summed E-state index contributed by atoms with van der Waals surface area (Å²) in [7, 11) is 0. The van der Waals surface area contributed by atoms with Crippen LogP contribution >= 0.6 is 11.6 Å². The standard InChI is InChI=1S/C32H31ClN4O3/c1-19(2)37-40-22(5)14-15-34-31(38)23-10-12-24(13-11-23)35-32(39)27-18-29(25-8-6-7-9-28(25)33)36-30-21(4)16-20(3)17-26(27)30/h6-13,16-18H,5,14-15H2,1-4H3,(H,34,38)(H,35,39). The molecule has 40 heavy (non-hydrogen) atoms. The third kappa shape index (κ3) is 6.93. The molecule has 8 heteroatoms. The number of benzene rings is 3. The molecule has 0 fully saturated rings. The van der Waals surface area contributed by atoms with Crippen LogP contribution in [0, 0.1) is 13.8 Å². The first-order valence-electron chi connectivity index (χ1n) is 12.8. The molecule has 0 atom stereocenters. The van der Waals surface area contributed by atoms with E-state index >= 15 is 0 Å². The molecule has 4 rings (SSSR count). The van der Waals surface area contributed by atoms with Crippen molar-refractivity contribution in [3.05, 3.63) is 106 Å². The molecule has 2 N–H and O–H groups in total. The fraction of sp³-hybridized carbons (Fsp3) is 0.188. The van der Waals surface area contributed by atoms with Crippen molar-refractivity contribution in [2.24, 2.45) is 5.16 Å². The summed E-state index contributed by atoms with van der Waals surface area (Å²) < 4.78 is 0. The van der Waals surface area contributed by atoms with Gasteiger partial charge in [-0.25, -0.2) is 4.98 Å². The van der Waals surface area contributed by atoms with Crippen molar-refractivity contribution < 1.29 is 14.4 Å². The number of amides is 2. The molecule has 0 aliphatic rings. The van der Waals surface area contributed by atoms with Crippen LogP contribution in [0.3, 0.4) is 0 Å². The van der Waals surface area contributed by atoms with Crippen LogP contribution in [0.1, 0.15) is 52.1 Å². The van der Waals surface area contributed by atoms with Gasteiger partial charge >= 0.3 is 0 Å². The van der Waals surface area contributed by atoms with Gasteiger partial charge in [0, 0.05) is 40.2 Å². The van der Waals surface area contributed by atoms with E-state index in [-0.39, 0.29) is 11.8 Å². The highest BCUT2D eigenvalue weighted by atomic mass is 35.5. The summed E-state index contributed by atoms with van der Waals surface area (Å²) in [4.78, 5) is 36.1. The van der Waals surface area contributed by atoms with Crippen LogP contribution in [-0.2, 0) is 4.84 Å². The summed E-state index contributed by atoms with van der Waals surface area (Å²) in [5, 5.41) is 10.9. The van der Waals surface area contributed by atoms with E-state index in [9.17, 15) is 9.59 Å². The molecule has 3 aromatic carbocycles. The quantitative estimate of drug-likeness (QED) is 0.127. The lowest BCUT2D eigenvalue weighted by Gasteiger charge is -2.14. The van der Waals surface area contributed by atoms with Crippen molar-refractivity contribution in [1.29, 1.82) is 0 Å². The molecule has 1 heterocycles. The largest absolute Gasteiger partial charge is 0.362 e. The maximum atomic E-state index is 13.6. The SMILES string of the molecule is C=C(CCNC(=O)c1ccc(NC(=O)c2cc(-c3ccccc3Cl)nc3c(C)cc(C)cc23)cc1)ON=C(C)C. The summed E-state index contributed by atoms with van der Waals surface area (Å²) >= 11 is 6.46. The minimum absolute atomic E-state index is 0.240. The Kier molecular flexibility index (Phi) is 8.97. The van der Waals surface area contributed by atoms with E-state index < -0.39 is 0 Å². The zero-order valence-corrected chi connectivity index (χ0v) is 23.7. The first-order valence-corrected chi connectivity index (χ1v) is 13.2. The van der Waals surface area contributed by atoms with Gasteiger partial charge in [-0.2, -0.15) is 0 Å². The first kappa shape index (κ1) is 28.5. The number of aryl methyl sites for hydroxylation is 2. The Labute approximate surface area is 238 Å². The number of rotatable bonds is 9. The summed E-state index contributed by atoms with van der Waals surface area (Å²) in [6.07, 6.45) is 0.436. The van der Waals surface area contributed by atoms with Crippen molar-refractivity contribution >= 4 is 45.7 Å². The predicted molar refractivity (Wildman–Crippen MR) is 162 cm³/mol. The number of carbonyl (C=O) groups is 2. The van der Waals surface area contributed by atoms with Crippen molar-refractivity contribution in [3.63, 3.8) is 0 Å². The molecule has 0 saturated carbocycles. The fourth-order valence-corrected chi connectivity index (χ4v) is 4.43. The number of anilines is 1. The maximum Gasteiger partial charge on any atom is 0.256 e. The minimum atomic E-state index is -0.286. The molecule has 204 valence electrons. The molecule has 0 aliphatic heterocycles. The zero-order valence-electron chi connectivity index (χ0n) is 23.0. The van der Waals surface area contributed by atoms with Crippen LogP contribution < -0.4 is 10.6 Å². The molecule has 4 aromatic rings. The number of pyridine rings is 1. The van der Waals surface area contributed by atoms with Gasteiger partial charge in [-0.05, 0) is 75.7 Å². The number of carbonyl (C=O) groups excluding carboxylic acids is 2. The Morgan fingerprint density at radius 2 is 1.73 bits per heavy atom. The normalized spacial score (nSPS) is 10.6. The molecular formula is C32H31ClN4O3. The van der Waals surface area contributed by atoms with Gasteiger partial charge < -0.3 is 15.5 Å². The highest BCUT2D eigenvalue weighted by molar-refractivity contribution is 6.33. The van der Waals surface area contributed by atoms with E-state index in [1.807, 2.05) is 58.0 Å².